The van der Waals surface area contributed by atoms with E-state index in [0.29, 0.717) is 29.3 Å². The largest absolute Gasteiger partial charge is 0.492 e. The molecule has 1 heterocycles. The summed E-state index contributed by atoms with van der Waals surface area (Å²) < 4.78 is 13.5. The molecule has 1 aliphatic rings. The summed E-state index contributed by atoms with van der Waals surface area (Å²) in [6, 6.07) is 6.16. The second kappa shape index (κ2) is 14.5. The number of thioether (sulfide) groups is 2. The van der Waals surface area contributed by atoms with E-state index in [9.17, 15) is 10.5 Å². The third-order valence-corrected chi connectivity index (χ3v) is 8.80. The van der Waals surface area contributed by atoms with Gasteiger partial charge in [0.05, 0.1) is 27.2 Å². The average molecular weight is 487 g/mol. The van der Waals surface area contributed by atoms with Crippen molar-refractivity contribution >= 4 is 23.5 Å². The minimum atomic E-state index is 0.152. The number of rotatable bonds is 14. The summed E-state index contributed by atoms with van der Waals surface area (Å²) in [4.78, 5) is 1.96. The van der Waals surface area contributed by atoms with Gasteiger partial charge in [0.1, 0.15) is 29.2 Å². The van der Waals surface area contributed by atoms with Gasteiger partial charge in [0, 0.05) is 0 Å². The molecular formula is C27H38N2O2S2. The SMILES string of the molecule is CCCCC(CC)COc1cc(C)c(OCC(CC)CCCC)c2c1SC(=C(C#N)C#N)S2. The highest BCUT2D eigenvalue weighted by Gasteiger charge is 2.30. The number of benzene rings is 1. The highest BCUT2D eigenvalue weighted by atomic mass is 32.2. The summed E-state index contributed by atoms with van der Waals surface area (Å²) in [7, 11) is 0. The van der Waals surface area contributed by atoms with Gasteiger partial charge in [-0.3, -0.25) is 0 Å². The topological polar surface area (TPSA) is 66.0 Å². The van der Waals surface area contributed by atoms with Crippen molar-refractivity contribution in [3.05, 3.63) is 21.4 Å². The molecule has 0 fully saturated rings. The van der Waals surface area contributed by atoms with E-state index < -0.39 is 0 Å². The van der Waals surface area contributed by atoms with Crippen molar-refractivity contribution in [1.82, 2.24) is 0 Å². The van der Waals surface area contributed by atoms with E-state index in [0.717, 1.165) is 39.7 Å². The molecule has 2 rings (SSSR count). The summed E-state index contributed by atoms with van der Waals surface area (Å²) in [5.41, 5.74) is 1.19. The molecule has 0 spiro atoms. The molecule has 180 valence electrons. The number of nitrogens with zero attached hydrogens (tertiary/aromatic N) is 2. The van der Waals surface area contributed by atoms with Crippen molar-refractivity contribution < 1.29 is 9.47 Å². The third kappa shape index (κ3) is 7.62. The van der Waals surface area contributed by atoms with Gasteiger partial charge in [0.2, 0.25) is 0 Å². The van der Waals surface area contributed by atoms with E-state index in [2.05, 4.69) is 40.7 Å². The number of aryl methyl sites for hydroxylation is 1. The molecule has 0 aliphatic carbocycles. The van der Waals surface area contributed by atoms with Crippen LogP contribution in [0.15, 0.2) is 25.7 Å². The van der Waals surface area contributed by atoms with Gasteiger partial charge < -0.3 is 9.47 Å². The molecule has 1 aromatic rings. The summed E-state index contributed by atoms with van der Waals surface area (Å²) >= 11 is 2.94. The van der Waals surface area contributed by atoms with Gasteiger partial charge in [-0.1, -0.05) is 89.7 Å². The Morgan fingerprint density at radius 1 is 0.879 bits per heavy atom. The maximum atomic E-state index is 9.42. The van der Waals surface area contributed by atoms with E-state index in [-0.39, 0.29) is 5.57 Å². The van der Waals surface area contributed by atoms with Crippen LogP contribution < -0.4 is 9.47 Å². The van der Waals surface area contributed by atoms with E-state index >= 15 is 0 Å². The number of allylic oxidation sites excluding steroid dienone is 1. The molecule has 6 heteroatoms. The Kier molecular flexibility index (Phi) is 12.1. The maximum Gasteiger partial charge on any atom is 0.150 e. The molecule has 0 N–H and O–H groups in total. The summed E-state index contributed by atoms with van der Waals surface area (Å²) in [6.07, 6.45) is 9.36. The third-order valence-electron chi connectivity index (χ3n) is 6.18. The molecule has 0 amide bonds. The van der Waals surface area contributed by atoms with Gasteiger partial charge in [-0.25, -0.2) is 0 Å². The molecule has 33 heavy (non-hydrogen) atoms. The molecule has 1 aliphatic heterocycles. The normalized spacial score (nSPS) is 14.2. The molecule has 0 saturated carbocycles. The first-order valence-corrected chi connectivity index (χ1v) is 14.0. The first-order valence-electron chi connectivity index (χ1n) is 12.4. The second-order valence-electron chi connectivity index (χ2n) is 8.72. The Balaban J connectivity index is 2.33. The maximum absolute atomic E-state index is 9.42. The van der Waals surface area contributed by atoms with E-state index in [4.69, 9.17) is 9.47 Å². The second-order valence-corrected chi connectivity index (χ2v) is 11.0. The van der Waals surface area contributed by atoms with Crippen LogP contribution in [-0.4, -0.2) is 13.2 Å². The molecule has 0 radical (unpaired) electrons. The van der Waals surface area contributed by atoms with Crippen molar-refractivity contribution in [3.63, 3.8) is 0 Å². The number of hydrogen-bond acceptors (Lipinski definition) is 6. The molecule has 2 atom stereocenters. The lowest BCUT2D eigenvalue weighted by Gasteiger charge is -2.21. The molecule has 4 nitrogen and oxygen atoms in total. The van der Waals surface area contributed by atoms with Gasteiger partial charge in [0.25, 0.3) is 0 Å². The summed E-state index contributed by atoms with van der Waals surface area (Å²) in [5.74, 6) is 2.77. The van der Waals surface area contributed by atoms with Gasteiger partial charge in [0.15, 0.2) is 0 Å². The molecule has 0 aromatic heterocycles. The lowest BCUT2D eigenvalue weighted by Crippen LogP contribution is -2.13. The fourth-order valence-electron chi connectivity index (χ4n) is 3.83. The minimum Gasteiger partial charge on any atom is -0.492 e. The summed E-state index contributed by atoms with van der Waals surface area (Å²) in [6.45, 7) is 12.3. The van der Waals surface area contributed by atoms with Crippen molar-refractivity contribution in [2.24, 2.45) is 11.8 Å². The van der Waals surface area contributed by atoms with Crippen LogP contribution in [0.1, 0.15) is 84.6 Å². The Morgan fingerprint density at radius 3 is 1.94 bits per heavy atom. The van der Waals surface area contributed by atoms with Crippen LogP contribution in [0, 0.1) is 41.4 Å². The van der Waals surface area contributed by atoms with E-state index in [1.165, 1.54) is 62.0 Å². The number of fused-ring (bicyclic) bond motifs is 1. The van der Waals surface area contributed by atoms with Gasteiger partial charge in [-0.2, -0.15) is 10.5 Å². The van der Waals surface area contributed by atoms with E-state index in [1.807, 2.05) is 12.1 Å². The Labute approximate surface area is 209 Å². The number of nitriles is 2. The van der Waals surface area contributed by atoms with Crippen LogP contribution in [-0.2, 0) is 0 Å². The Hall–Kier alpha value is -1.76. The van der Waals surface area contributed by atoms with Gasteiger partial charge in [-0.05, 0) is 43.2 Å². The van der Waals surface area contributed by atoms with Crippen LogP contribution in [0.4, 0.5) is 0 Å². The van der Waals surface area contributed by atoms with E-state index in [1.54, 1.807) is 0 Å². The van der Waals surface area contributed by atoms with Crippen LogP contribution in [0.2, 0.25) is 0 Å². The summed E-state index contributed by atoms with van der Waals surface area (Å²) in [5, 5.41) is 18.8. The lowest BCUT2D eigenvalue weighted by atomic mass is 10.0. The highest BCUT2D eigenvalue weighted by Crippen LogP contribution is 2.59. The predicted molar refractivity (Wildman–Crippen MR) is 139 cm³/mol. The number of hydrogen-bond donors (Lipinski definition) is 0. The lowest BCUT2D eigenvalue weighted by molar-refractivity contribution is 0.218. The van der Waals surface area contributed by atoms with Crippen LogP contribution in [0.3, 0.4) is 0 Å². The fourth-order valence-corrected chi connectivity index (χ4v) is 6.41. The van der Waals surface area contributed by atoms with Gasteiger partial charge in [-0.15, -0.1) is 0 Å². The first kappa shape index (κ1) is 27.5. The quantitative estimate of drug-likeness (QED) is 0.245. The van der Waals surface area contributed by atoms with Crippen LogP contribution in [0.25, 0.3) is 0 Å². The van der Waals surface area contributed by atoms with Crippen molar-refractivity contribution in [1.29, 1.82) is 10.5 Å². The molecule has 0 saturated heterocycles. The predicted octanol–water partition coefficient (Wildman–Crippen LogP) is 8.64. The van der Waals surface area contributed by atoms with Crippen LogP contribution in [0.5, 0.6) is 11.5 Å². The molecule has 1 aromatic carbocycles. The zero-order valence-corrected chi connectivity index (χ0v) is 22.5. The Morgan fingerprint density at radius 2 is 1.42 bits per heavy atom. The van der Waals surface area contributed by atoms with Crippen LogP contribution >= 0.6 is 23.5 Å². The molecular weight excluding hydrogens is 448 g/mol. The number of unbranched alkanes of at least 4 members (excludes halogenated alkanes) is 2. The zero-order valence-electron chi connectivity index (χ0n) is 20.8. The standard InChI is InChI=1S/C27H38N2O2S2/c1-6-10-12-20(8-3)17-30-23-14-19(5)24(31-18-21(9-4)13-11-7-2)26-25(23)32-27(33-26)22(15-28)16-29/h14,20-21H,6-13,17-18H2,1-5H3. The van der Waals surface area contributed by atoms with Crippen molar-refractivity contribution in [2.75, 3.05) is 13.2 Å². The number of ether oxygens (including phenoxy) is 2. The highest BCUT2D eigenvalue weighted by molar-refractivity contribution is 8.24. The van der Waals surface area contributed by atoms with Crippen molar-refractivity contribution in [3.8, 4) is 23.6 Å². The Bertz CT molecular complexity index is 883. The molecule has 2 unspecified atom stereocenters. The average Bonchev–Trinajstić information content (AvgIpc) is 3.26. The molecule has 0 bridgehead atoms. The fraction of sp³-hybridized carbons (Fsp3) is 0.630. The monoisotopic (exact) mass is 486 g/mol. The van der Waals surface area contributed by atoms with Gasteiger partial charge >= 0.3 is 0 Å². The first-order chi connectivity index (χ1) is 16.0. The smallest absolute Gasteiger partial charge is 0.150 e. The zero-order chi connectivity index (χ0) is 24.2. The van der Waals surface area contributed by atoms with Crippen molar-refractivity contribution in [2.45, 2.75) is 95.8 Å². The minimum absolute atomic E-state index is 0.152.